The summed E-state index contributed by atoms with van der Waals surface area (Å²) in [5, 5.41) is 31.6. The first-order valence-corrected chi connectivity index (χ1v) is 40.2. The van der Waals surface area contributed by atoms with E-state index in [4.69, 9.17) is 57.7 Å². The third kappa shape index (κ3) is 17.6. The van der Waals surface area contributed by atoms with Gasteiger partial charge in [-0.25, -0.2) is 13.2 Å². The summed E-state index contributed by atoms with van der Waals surface area (Å²) < 4.78 is 44.3. The molecule has 116 heavy (non-hydrogen) atoms. The second-order valence-electron chi connectivity index (χ2n) is 27.7. The Balaban J connectivity index is 0.000000135. The molecule has 0 aliphatic rings. The van der Waals surface area contributed by atoms with E-state index in [1.54, 1.807) is 84.9 Å². The zero-order valence-electron chi connectivity index (χ0n) is 62.0. The van der Waals surface area contributed by atoms with Crippen molar-refractivity contribution in [3.8, 4) is 17.2 Å². The maximum Gasteiger partial charge on any atom is 0.123 e. The smallest absolute Gasteiger partial charge is 0.123 e. The lowest BCUT2D eigenvalue weighted by atomic mass is 9.65. The summed E-state index contributed by atoms with van der Waals surface area (Å²) in [4.78, 5) is 0. The van der Waals surface area contributed by atoms with E-state index in [0.29, 0.717) is 32.1 Å². The molecule has 16 aromatic carbocycles. The zero-order valence-corrected chi connectivity index (χ0v) is 69.0. The van der Waals surface area contributed by atoms with Crippen LogP contribution in [-0.4, -0.2) is 15.3 Å². The van der Waals surface area contributed by atoms with Crippen molar-refractivity contribution in [1.82, 2.24) is 0 Å². The molecule has 16 aromatic rings. The highest BCUT2D eigenvalue weighted by Crippen LogP contribution is 2.51. The molecule has 0 aromatic heterocycles. The van der Waals surface area contributed by atoms with E-state index in [-0.39, 0.29) is 34.7 Å². The molecule has 0 saturated heterocycles. The van der Waals surface area contributed by atoms with E-state index >= 15 is 0 Å². The van der Waals surface area contributed by atoms with Crippen LogP contribution in [-0.2, 0) is 21.7 Å². The molecule has 0 atom stereocenters. The number of phenols is 3. The highest BCUT2D eigenvalue weighted by molar-refractivity contribution is 9.11. The Kier molecular flexibility index (Phi) is 25.8. The van der Waals surface area contributed by atoms with Gasteiger partial charge < -0.3 is 38.3 Å². The largest absolute Gasteiger partial charge is 0.508 e. The fraction of sp³-hybridized carbons (Fsp3) is 0.0400. The van der Waals surface area contributed by atoms with Gasteiger partial charge in [0.2, 0.25) is 0 Å². The Labute approximate surface area is 713 Å². The molecule has 0 amide bonds. The Hall–Kier alpha value is -11.8. The monoisotopic (exact) mass is 1780 g/mol. The Morgan fingerprint density at radius 2 is 0.293 bits per heavy atom. The topological polar surface area (TPSA) is 165 Å². The highest BCUT2D eigenvalue weighted by atomic mass is 79.9. The predicted octanol–water partition coefficient (Wildman–Crippen LogP) is 26.4. The summed E-state index contributed by atoms with van der Waals surface area (Å²) in [5.74, 6) is -0.557. The van der Waals surface area contributed by atoms with Gasteiger partial charge in [0.15, 0.2) is 0 Å². The van der Waals surface area contributed by atoms with Crippen LogP contribution in [0.2, 0.25) is 15.1 Å². The standard InChI is InChI=1S/C25H18Br3N.C25H18Cl3N.C25H18F3N.C25H21NO3/c4*26-21-9-1-17(2-10-21)25(18-3-11-22(27)12-4-18,19-5-13-23(28)14-6-19)20-7-15-24(29)16-8-20/h3*1-16H,29H2;1-16,27-29H,26H2. The molecule has 16 rings (SSSR count). The van der Waals surface area contributed by atoms with Gasteiger partial charge >= 0.3 is 0 Å². The van der Waals surface area contributed by atoms with Crippen molar-refractivity contribution in [1.29, 1.82) is 0 Å². The first-order chi connectivity index (χ1) is 56.0. The Morgan fingerprint density at radius 3 is 0.440 bits per heavy atom. The number of nitrogen functional groups attached to an aromatic ring is 4. The van der Waals surface area contributed by atoms with Crippen LogP contribution in [0.15, 0.2) is 402 Å². The number of halogens is 9. The molecule has 11 N–H and O–H groups in total. The van der Waals surface area contributed by atoms with Gasteiger partial charge in [-0.15, -0.1) is 0 Å². The van der Waals surface area contributed by atoms with Crippen LogP contribution in [0.1, 0.15) is 89.0 Å². The minimum Gasteiger partial charge on any atom is -0.508 e. The van der Waals surface area contributed by atoms with Crippen molar-refractivity contribution in [2.24, 2.45) is 0 Å². The highest BCUT2D eigenvalue weighted by Gasteiger charge is 2.43. The van der Waals surface area contributed by atoms with E-state index in [1.165, 1.54) is 58.7 Å². The first kappa shape index (κ1) is 82.2. The third-order valence-electron chi connectivity index (χ3n) is 20.8. The van der Waals surface area contributed by atoms with E-state index in [2.05, 4.69) is 181 Å². The van der Waals surface area contributed by atoms with Crippen molar-refractivity contribution in [2.45, 2.75) is 21.7 Å². The van der Waals surface area contributed by atoms with Crippen LogP contribution in [0.3, 0.4) is 0 Å². The molecule has 0 spiro atoms. The SMILES string of the molecule is Nc1ccc(C(c2ccc(Br)cc2)(c2ccc(Br)cc2)c2ccc(Br)cc2)cc1.Nc1ccc(C(c2ccc(Cl)cc2)(c2ccc(Cl)cc2)c2ccc(Cl)cc2)cc1.Nc1ccc(C(c2ccc(F)cc2)(c2ccc(F)cc2)c2ccc(F)cc2)cc1.Nc1ccc(C(c2ccc(O)cc2)(c2ccc(O)cc2)c2ccc(O)cc2)cc1. The van der Waals surface area contributed by atoms with Crippen molar-refractivity contribution < 1.29 is 28.5 Å². The molecule has 0 heterocycles. The number of phenolic OH excluding ortho intramolecular Hbond substituents is 3. The molecule has 7 nitrogen and oxygen atoms in total. The average molecular weight is 1780 g/mol. The summed E-state index contributed by atoms with van der Waals surface area (Å²) in [6.07, 6.45) is 0. The van der Waals surface area contributed by atoms with Crippen molar-refractivity contribution in [2.75, 3.05) is 22.9 Å². The van der Waals surface area contributed by atoms with Gasteiger partial charge in [0.25, 0.3) is 0 Å². The number of rotatable bonds is 16. The second kappa shape index (κ2) is 36.4. The zero-order chi connectivity index (χ0) is 81.7. The van der Waals surface area contributed by atoms with Crippen LogP contribution in [0.4, 0.5) is 35.9 Å². The maximum absolute atomic E-state index is 13.7. The van der Waals surface area contributed by atoms with Gasteiger partial charge in [0.05, 0.1) is 21.7 Å². The maximum atomic E-state index is 13.7. The molecule has 16 heteroatoms. The van der Waals surface area contributed by atoms with E-state index in [1.807, 2.05) is 133 Å². The number of hydrogen-bond acceptors (Lipinski definition) is 7. The molecule has 0 aliphatic carbocycles. The van der Waals surface area contributed by atoms with Crippen LogP contribution in [0.25, 0.3) is 0 Å². The molecular weight excluding hydrogens is 1710 g/mol. The second-order valence-corrected chi connectivity index (χ2v) is 31.7. The molecule has 0 aliphatic heterocycles. The van der Waals surface area contributed by atoms with Crippen LogP contribution in [0.5, 0.6) is 17.2 Å². The molecule has 0 saturated carbocycles. The Bertz CT molecular complexity index is 4420. The molecule has 0 bridgehead atoms. The van der Waals surface area contributed by atoms with Crippen molar-refractivity contribution in [3.63, 3.8) is 0 Å². The lowest BCUT2D eigenvalue weighted by molar-refractivity contribution is 0.474. The minimum absolute atomic E-state index is 0.177. The number of aromatic hydroxyl groups is 3. The summed E-state index contributed by atoms with van der Waals surface area (Å²) in [6, 6.07) is 120. The minimum atomic E-state index is -0.914. The summed E-state index contributed by atoms with van der Waals surface area (Å²) >= 11 is 29.4. The van der Waals surface area contributed by atoms with Crippen LogP contribution in [0, 0.1) is 17.5 Å². The molecule has 0 radical (unpaired) electrons. The normalized spacial score (nSPS) is 11.4. The number of nitrogens with two attached hydrogens (primary N) is 4. The summed E-state index contributed by atoms with van der Waals surface area (Å²) in [6.45, 7) is 0. The van der Waals surface area contributed by atoms with Crippen molar-refractivity contribution >= 4 is 105 Å². The summed E-state index contributed by atoms with van der Waals surface area (Å²) in [5.41, 5.74) is 39.8. The van der Waals surface area contributed by atoms with Gasteiger partial charge in [-0.2, -0.15) is 0 Å². The number of anilines is 4. The molecular formula is C100H75Br3Cl3F3N4O3. The lowest BCUT2D eigenvalue weighted by Gasteiger charge is -2.37. The molecule has 0 unspecified atom stereocenters. The van der Waals surface area contributed by atoms with Gasteiger partial charge in [-0.3, -0.25) is 0 Å². The number of benzene rings is 16. The van der Waals surface area contributed by atoms with Gasteiger partial charge in [0.1, 0.15) is 34.7 Å². The Morgan fingerprint density at radius 1 is 0.181 bits per heavy atom. The van der Waals surface area contributed by atoms with Gasteiger partial charge in [0, 0.05) is 51.2 Å². The van der Waals surface area contributed by atoms with Crippen LogP contribution >= 0.6 is 82.6 Å². The van der Waals surface area contributed by atoms with Crippen molar-refractivity contribution in [3.05, 3.63) is 523 Å². The fourth-order valence-electron chi connectivity index (χ4n) is 15.4. The molecule has 576 valence electrons. The molecule has 0 fully saturated rings. The number of hydrogen-bond donors (Lipinski definition) is 7. The van der Waals surface area contributed by atoms with E-state index in [9.17, 15) is 28.5 Å². The average Bonchev–Trinajstić information content (AvgIpc) is 0.752. The third-order valence-corrected chi connectivity index (χ3v) is 23.1. The summed E-state index contributed by atoms with van der Waals surface area (Å²) in [7, 11) is 0. The quantitative estimate of drug-likeness (QED) is 0.0374. The van der Waals surface area contributed by atoms with E-state index in [0.717, 1.165) is 85.9 Å². The predicted molar refractivity (Wildman–Crippen MR) is 480 cm³/mol. The fourth-order valence-corrected chi connectivity index (χ4v) is 16.5. The van der Waals surface area contributed by atoms with Gasteiger partial charge in [-0.1, -0.05) is 277 Å². The lowest BCUT2D eigenvalue weighted by Crippen LogP contribution is -2.31. The first-order valence-electron chi connectivity index (χ1n) is 36.7. The van der Waals surface area contributed by atoms with Crippen LogP contribution < -0.4 is 22.9 Å². The van der Waals surface area contributed by atoms with E-state index < -0.39 is 21.7 Å². The van der Waals surface area contributed by atoms with Gasteiger partial charge in [-0.05, 0) is 283 Å².